The highest BCUT2D eigenvalue weighted by Crippen LogP contribution is 2.49. The number of rotatable bonds is 10. The predicted octanol–water partition coefficient (Wildman–Crippen LogP) is 30.6. The zero-order valence-corrected chi connectivity index (χ0v) is 67.5. The highest BCUT2D eigenvalue weighted by molar-refractivity contribution is 6.26. The summed E-state index contributed by atoms with van der Waals surface area (Å²) in [5.41, 5.74) is 18.2. The fourth-order valence-electron chi connectivity index (χ4n) is 19.9. The fourth-order valence-corrected chi connectivity index (χ4v) is 19.9. The first-order chi connectivity index (χ1) is 62.4. The summed E-state index contributed by atoms with van der Waals surface area (Å²) in [6.07, 6.45) is 0. The minimum atomic E-state index is 0.488. The molecule has 0 aliphatic rings. The number of benzene rings is 21. The van der Waals surface area contributed by atoms with E-state index in [1.54, 1.807) is 0 Å². The van der Waals surface area contributed by atoms with Gasteiger partial charge in [-0.3, -0.25) is 0 Å². The van der Waals surface area contributed by atoms with E-state index in [0.29, 0.717) is 46.1 Å². The number of furan rings is 2. The van der Waals surface area contributed by atoms with Crippen LogP contribution < -0.4 is 0 Å². The van der Waals surface area contributed by atoms with Gasteiger partial charge in [0.2, 0.25) is 0 Å². The molecule has 10 nitrogen and oxygen atoms in total. The van der Waals surface area contributed by atoms with E-state index in [0.717, 1.165) is 219 Å². The molecule has 6 heterocycles. The minimum absolute atomic E-state index is 0.488. The van der Waals surface area contributed by atoms with Gasteiger partial charge in [0.25, 0.3) is 0 Å². The van der Waals surface area contributed by atoms with E-state index in [1.165, 1.54) is 10.8 Å². The number of nitrogens with zero attached hydrogens (tertiary/aromatic N) is 8. The number of hydrogen-bond donors (Lipinski definition) is 0. The lowest BCUT2D eigenvalue weighted by molar-refractivity contribution is 0.669. The maximum absolute atomic E-state index is 7.33. The van der Waals surface area contributed by atoms with Crippen molar-refractivity contribution >= 4 is 174 Å². The van der Waals surface area contributed by atoms with Gasteiger partial charge in [-0.1, -0.05) is 297 Å². The van der Waals surface area contributed by atoms with Gasteiger partial charge in [0.05, 0.1) is 44.6 Å². The Bertz CT molecular complexity index is 9190. The van der Waals surface area contributed by atoms with Crippen LogP contribution in [0.2, 0.25) is 0 Å². The van der Waals surface area contributed by atoms with Crippen molar-refractivity contribution in [2.45, 2.75) is 0 Å². The second kappa shape index (κ2) is 27.2. The van der Waals surface area contributed by atoms with E-state index in [9.17, 15) is 0 Å². The van der Waals surface area contributed by atoms with Gasteiger partial charge in [-0.25, -0.2) is 29.9 Å². The highest BCUT2D eigenvalue weighted by Gasteiger charge is 2.30. The largest absolute Gasteiger partial charge is 0.455 e. The summed E-state index contributed by atoms with van der Waals surface area (Å²) < 4.78 is 19.3. The molecule has 10 heteroatoms. The van der Waals surface area contributed by atoms with Gasteiger partial charge in [0.1, 0.15) is 22.3 Å². The molecule has 0 amide bonds. The van der Waals surface area contributed by atoms with Gasteiger partial charge in [-0.15, -0.1) is 0 Å². The summed E-state index contributed by atoms with van der Waals surface area (Å²) in [5, 5.41) is 26.6. The molecule has 0 atom stereocenters. The van der Waals surface area contributed by atoms with Gasteiger partial charge in [-0.05, 0) is 212 Å². The van der Waals surface area contributed by atoms with E-state index in [4.69, 9.17) is 38.7 Å². The number of aromatic nitrogens is 8. The molecule has 582 valence electrons. The molecule has 6 aromatic heterocycles. The zero-order chi connectivity index (χ0) is 82.3. The summed E-state index contributed by atoms with van der Waals surface area (Å²) in [6.45, 7) is 0. The van der Waals surface area contributed by atoms with Crippen LogP contribution in [-0.2, 0) is 0 Å². The zero-order valence-electron chi connectivity index (χ0n) is 67.5. The van der Waals surface area contributed by atoms with Gasteiger partial charge in [0.15, 0.2) is 34.9 Å². The molecular formula is C116H66N8O2. The maximum Gasteiger partial charge on any atom is 0.170 e. The first-order valence-electron chi connectivity index (χ1n) is 42.7. The first kappa shape index (κ1) is 69.7. The Morgan fingerprint density at radius 2 is 0.492 bits per heavy atom. The predicted molar refractivity (Wildman–Crippen MR) is 520 cm³/mol. The maximum atomic E-state index is 7.33. The molecule has 27 rings (SSSR count). The van der Waals surface area contributed by atoms with E-state index in [2.05, 4.69) is 397 Å². The Labute approximate surface area is 719 Å². The molecule has 0 radical (unpaired) electrons. The monoisotopic (exact) mass is 1600 g/mol. The average molecular weight is 1600 g/mol. The third kappa shape index (κ3) is 11.0. The molecule has 0 aliphatic carbocycles. The van der Waals surface area contributed by atoms with Crippen LogP contribution in [0.1, 0.15) is 0 Å². The van der Waals surface area contributed by atoms with Gasteiger partial charge in [-0.2, -0.15) is 0 Å². The normalized spacial score (nSPS) is 12.1. The van der Waals surface area contributed by atoms with Gasteiger partial charge in [0, 0.05) is 65.3 Å². The smallest absolute Gasteiger partial charge is 0.170 e. The molecule has 0 bridgehead atoms. The van der Waals surface area contributed by atoms with Crippen LogP contribution in [0.5, 0.6) is 0 Å². The van der Waals surface area contributed by atoms with Gasteiger partial charge < -0.3 is 18.0 Å². The Morgan fingerprint density at radius 1 is 0.167 bits per heavy atom. The minimum Gasteiger partial charge on any atom is -0.455 e. The number of fused-ring (bicyclic) bond motifs is 22. The topological polar surface area (TPSA) is 113 Å². The Morgan fingerprint density at radius 3 is 1.02 bits per heavy atom. The Kier molecular flexibility index (Phi) is 15.1. The summed E-state index contributed by atoms with van der Waals surface area (Å²) in [5.74, 6) is 3.17. The van der Waals surface area contributed by atoms with Crippen molar-refractivity contribution in [1.82, 2.24) is 39.0 Å². The van der Waals surface area contributed by atoms with Crippen LogP contribution in [0.3, 0.4) is 0 Å². The lowest BCUT2D eigenvalue weighted by Gasteiger charge is -2.16. The molecule has 0 aliphatic heterocycles. The van der Waals surface area contributed by atoms with Crippen LogP contribution in [0.25, 0.3) is 276 Å². The van der Waals surface area contributed by atoms with Crippen molar-refractivity contribution in [3.05, 3.63) is 400 Å². The SMILES string of the molecule is c1ccc2cc(-c3nc(-c4ccc5ccccc5c4)nc(-c4c(-n5c6cc7cc(-c8ccc(-c9ccc(-c%10nc(-c%11ccc%12ccccc%12c%11)nc(-c%11c(-n%12c%13cc%14ccccc%14cc%13c%13cc%14ccccc%14cc%13%12)ccc%12c%11oc%11ccc%13ccccc%13c%11%12)n%10)cc9)cc8)ccc7cc6c6c7ccccc7ccc65)ccc5c4oc4ccccc45)n3)ccc2c1. The summed E-state index contributed by atoms with van der Waals surface area (Å²) in [4.78, 5) is 33.3. The van der Waals surface area contributed by atoms with Crippen LogP contribution in [0.15, 0.2) is 409 Å². The molecule has 0 fully saturated rings. The highest BCUT2D eigenvalue weighted by atomic mass is 16.3. The summed E-state index contributed by atoms with van der Waals surface area (Å²) >= 11 is 0. The van der Waals surface area contributed by atoms with Crippen molar-refractivity contribution in [2.24, 2.45) is 0 Å². The van der Waals surface area contributed by atoms with Crippen molar-refractivity contribution in [3.8, 4) is 102 Å². The average Bonchev–Trinajstić information content (AvgIpc) is 1.55. The standard InChI is InChI=1S/C116H66N8O2/c1-4-22-76-57-85(46-39-67(76)17-1)112-117-111(119-116(120-112)108-99(55-52-93-106-90-30-14-12-21-74(90)50-56-104(106)126-110(93)108)124-100-64-81-27-9-7-25-79(81)61-94(100)95-62-80-26-8-10-28-82(80)65-101(95)124)75-42-37-71(38-43-75)70-33-35-72(36-34-70)83-44-45-84-63-96-102(66-88(84)60-83)123(97-53-49-73-20-11-13-29-89(73)105(96)97)98-54-51-92-91-31-15-16-32-103(91)125-109(92)107(98)115-121-113(86-47-40-68-18-2-5-23-77(68)58-86)118-114(122-115)87-48-41-69-19-3-6-24-78(69)59-87/h1-66H. The quantitative estimate of drug-likeness (QED) is 0.133. The van der Waals surface area contributed by atoms with Crippen LogP contribution in [-0.4, -0.2) is 39.0 Å². The molecule has 27 aromatic rings. The molecule has 126 heavy (non-hydrogen) atoms. The molecule has 0 spiro atoms. The molecule has 0 saturated carbocycles. The Balaban J connectivity index is 0.598. The molecule has 0 unspecified atom stereocenters. The van der Waals surface area contributed by atoms with Crippen molar-refractivity contribution in [3.63, 3.8) is 0 Å². The van der Waals surface area contributed by atoms with E-state index < -0.39 is 0 Å². The molecule has 21 aromatic carbocycles. The van der Waals surface area contributed by atoms with Crippen LogP contribution in [0.4, 0.5) is 0 Å². The first-order valence-corrected chi connectivity index (χ1v) is 42.7. The van der Waals surface area contributed by atoms with Crippen molar-refractivity contribution in [1.29, 1.82) is 0 Å². The van der Waals surface area contributed by atoms with Crippen molar-refractivity contribution in [2.75, 3.05) is 0 Å². The number of hydrogen-bond acceptors (Lipinski definition) is 8. The van der Waals surface area contributed by atoms with Crippen molar-refractivity contribution < 1.29 is 8.83 Å². The lowest BCUT2D eigenvalue weighted by atomic mass is 9.97. The summed E-state index contributed by atoms with van der Waals surface area (Å²) in [6, 6.07) is 144. The second-order valence-electron chi connectivity index (χ2n) is 33.2. The van der Waals surface area contributed by atoms with Gasteiger partial charge >= 0.3 is 0 Å². The number of para-hydroxylation sites is 1. The molecule has 0 N–H and O–H groups in total. The molecular weight excluding hydrogens is 1540 g/mol. The third-order valence-corrected chi connectivity index (χ3v) is 26.1. The van der Waals surface area contributed by atoms with E-state index in [-0.39, 0.29) is 0 Å². The summed E-state index contributed by atoms with van der Waals surface area (Å²) in [7, 11) is 0. The van der Waals surface area contributed by atoms with E-state index in [1.807, 2.05) is 12.1 Å². The van der Waals surface area contributed by atoms with E-state index >= 15 is 0 Å². The lowest BCUT2D eigenvalue weighted by Crippen LogP contribution is -2.04. The molecule has 0 saturated heterocycles. The fraction of sp³-hybridized carbons (Fsp3) is 0. The third-order valence-electron chi connectivity index (χ3n) is 26.1. The Hall–Kier alpha value is -17.1. The second-order valence-corrected chi connectivity index (χ2v) is 33.2. The van der Waals surface area contributed by atoms with Crippen LogP contribution in [0, 0.1) is 0 Å². The van der Waals surface area contributed by atoms with Crippen LogP contribution >= 0.6 is 0 Å².